The van der Waals surface area contributed by atoms with Gasteiger partial charge in [-0.3, -0.25) is 4.90 Å². The zero-order valence-corrected chi connectivity index (χ0v) is 12.6. The Balaban J connectivity index is 3.80. The Morgan fingerprint density at radius 2 is 1.41 bits per heavy atom. The van der Waals surface area contributed by atoms with E-state index < -0.39 is 6.23 Å². The maximum Gasteiger partial charge on any atom is 0.120 e. The number of hydrazine groups is 1. The largest absolute Gasteiger partial charge is 0.377 e. The van der Waals surface area contributed by atoms with Gasteiger partial charge in [-0.15, -0.1) is 11.6 Å². The topological polar surface area (TPSA) is 33.2 Å². The van der Waals surface area contributed by atoms with E-state index in [2.05, 4.69) is 10.0 Å². The molecule has 0 aromatic heterocycles. The summed E-state index contributed by atoms with van der Waals surface area (Å²) >= 11 is 11.3. The van der Waals surface area contributed by atoms with Crippen molar-refractivity contribution in [1.82, 2.24) is 19.3 Å². The normalized spacial score (nSPS) is 14.3. The molecule has 0 radical (unpaired) electrons. The average Bonchev–Trinajstić information content (AvgIpc) is 2.31. The first kappa shape index (κ1) is 17.4. The Hall–Kier alpha value is 0.380. The first-order chi connectivity index (χ1) is 7.88. The summed E-state index contributed by atoms with van der Waals surface area (Å²) in [6.07, 6.45) is -0.579. The Bertz CT molecular complexity index is 197. The van der Waals surface area contributed by atoms with Crippen LogP contribution >= 0.6 is 23.4 Å². The zero-order chi connectivity index (χ0) is 13.4. The van der Waals surface area contributed by atoms with E-state index in [4.69, 9.17) is 23.4 Å². The van der Waals surface area contributed by atoms with Crippen LogP contribution < -0.4 is 0 Å². The third-order valence-corrected chi connectivity index (χ3v) is 3.18. The Kier molecular flexibility index (Phi) is 9.54. The second-order valence-corrected chi connectivity index (χ2v) is 5.09. The molecule has 0 fully saturated rings. The van der Waals surface area contributed by atoms with Crippen LogP contribution in [0, 0.1) is 0 Å². The number of rotatable bonds is 9. The standard InChI is InChI=1S/C10H24Cl2N4O/c1-13(10(17)9-11)5-7-15(3)16(4)8-6-14(2)12/h10,17H,5-9H2,1-4H3. The fourth-order valence-corrected chi connectivity index (χ4v) is 1.50. The third-order valence-electron chi connectivity index (χ3n) is 2.74. The maximum absolute atomic E-state index is 9.49. The van der Waals surface area contributed by atoms with E-state index in [1.54, 1.807) is 4.42 Å². The highest BCUT2D eigenvalue weighted by Gasteiger charge is 2.12. The van der Waals surface area contributed by atoms with Gasteiger partial charge in [0.05, 0.1) is 5.88 Å². The summed E-state index contributed by atoms with van der Waals surface area (Å²) in [5.74, 6) is 0.229. The van der Waals surface area contributed by atoms with E-state index in [-0.39, 0.29) is 5.88 Å². The molecule has 0 spiro atoms. The van der Waals surface area contributed by atoms with Crippen molar-refractivity contribution in [3.05, 3.63) is 0 Å². The van der Waals surface area contributed by atoms with Gasteiger partial charge in [-0.1, -0.05) is 0 Å². The monoisotopic (exact) mass is 286 g/mol. The van der Waals surface area contributed by atoms with Crippen molar-refractivity contribution in [3.63, 3.8) is 0 Å². The number of aliphatic hydroxyl groups excluding tert-OH is 1. The smallest absolute Gasteiger partial charge is 0.120 e. The highest BCUT2D eigenvalue weighted by Crippen LogP contribution is 1.98. The van der Waals surface area contributed by atoms with Crippen LogP contribution in [-0.2, 0) is 0 Å². The van der Waals surface area contributed by atoms with E-state index in [0.717, 1.165) is 26.2 Å². The van der Waals surface area contributed by atoms with E-state index >= 15 is 0 Å². The molecule has 0 bridgehead atoms. The van der Waals surface area contributed by atoms with Crippen molar-refractivity contribution in [3.8, 4) is 0 Å². The molecule has 0 heterocycles. The van der Waals surface area contributed by atoms with Gasteiger partial charge in [0.1, 0.15) is 6.23 Å². The zero-order valence-electron chi connectivity index (χ0n) is 11.1. The van der Waals surface area contributed by atoms with Gasteiger partial charge < -0.3 is 5.11 Å². The van der Waals surface area contributed by atoms with Gasteiger partial charge in [0.25, 0.3) is 0 Å². The summed E-state index contributed by atoms with van der Waals surface area (Å²) in [4.78, 5) is 1.82. The number of likely N-dealkylation sites (N-methyl/N-ethyl adjacent to an activating group) is 4. The highest BCUT2D eigenvalue weighted by molar-refractivity contribution is 6.18. The minimum atomic E-state index is -0.579. The molecule has 0 saturated heterocycles. The van der Waals surface area contributed by atoms with Crippen molar-refractivity contribution in [1.29, 1.82) is 0 Å². The number of hydrogen-bond donors (Lipinski definition) is 1. The van der Waals surface area contributed by atoms with Gasteiger partial charge in [-0.05, 0) is 18.8 Å². The highest BCUT2D eigenvalue weighted by atomic mass is 35.5. The minimum Gasteiger partial charge on any atom is -0.377 e. The molecule has 1 atom stereocenters. The average molecular weight is 287 g/mol. The van der Waals surface area contributed by atoms with E-state index in [9.17, 15) is 5.11 Å². The maximum atomic E-state index is 9.49. The fraction of sp³-hybridized carbons (Fsp3) is 1.00. The molecule has 0 amide bonds. The lowest BCUT2D eigenvalue weighted by atomic mass is 10.5. The summed E-state index contributed by atoms with van der Waals surface area (Å²) in [5.41, 5.74) is 0. The van der Waals surface area contributed by atoms with Crippen LogP contribution in [-0.4, -0.2) is 90.9 Å². The number of hydrogen-bond acceptors (Lipinski definition) is 5. The lowest BCUT2D eigenvalue weighted by molar-refractivity contribution is -0.00817. The van der Waals surface area contributed by atoms with Crippen LogP contribution in [0.2, 0.25) is 0 Å². The molecule has 0 aromatic carbocycles. The van der Waals surface area contributed by atoms with Gasteiger partial charge in [-0.2, -0.15) is 0 Å². The molecule has 1 N–H and O–H groups in total. The van der Waals surface area contributed by atoms with Crippen LogP contribution in [0.4, 0.5) is 0 Å². The third kappa shape index (κ3) is 8.15. The summed E-state index contributed by atoms with van der Waals surface area (Å²) < 4.78 is 1.63. The molecule has 5 nitrogen and oxygen atoms in total. The molecule has 0 saturated carbocycles. The number of aliphatic hydroxyl groups is 1. The van der Waals surface area contributed by atoms with Gasteiger partial charge in [0, 0.05) is 47.3 Å². The van der Waals surface area contributed by atoms with Crippen LogP contribution in [0.15, 0.2) is 0 Å². The van der Waals surface area contributed by atoms with Crippen LogP contribution in [0.25, 0.3) is 0 Å². The van der Waals surface area contributed by atoms with Crippen molar-refractivity contribution in [2.24, 2.45) is 0 Å². The van der Waals surface area contributed by atoms with Gasteiger partial charge in [0.15, 0.2) is 0 Å². The lowest BCUT2D eigenvalue weighted by Gasteiger charge is -2.31. The second-order valence-electron chi connectivity index (χ2n) is 4.21. The molecular weight excluding hydrogens is 263 g/mol. The quantitative estimate of drug-likeness (QED) is 0.286. The van der Waals surface area contributed by atoms with Crippen molar-refractivity contribution < 1.29 is 5.11 Å². The summed E-state index contributed by atoms with van der Waals surface area (Å²) in [6, 6.07) is 0. The fourth-order valence-electron chi connectivity index (χ4n) is 1.19. The first-order valence-electron chi connectivity index (χ1n) is 5.61. The van der Waals surface area contributed by atoms with Crippen molar-refractivity contribution >= 4 is 23.4 Å². The minimum absolute atomic E-state index is 0.229. The number of halogens is 2. The van der Waals surface area contributed by atoms with Crippen LogP contribution in [0.5, 0.6) is 0 Å². The summed E-state index contributed by atoms with van der Waals surface area (Å²) in [7, 11) is 7.71. The van der Waals surface area contributed by atoms with Crippen molar-refractivity contribution in [2.45, 2.75) is 6.23 Å². The van der Waals surface area contributed by atoms with Gasteiger partial charge in [-0.25, -0.2) is 14.4 Å². The number of alkyl halides is 1. The number of nitrogens with zero attached hydrogens (tertiary/aromatic N) is 4. The molecule has 0 rings (SSSR count). The SMILES string of the molecule is CN(Cl)CCN(C)N(C)CCN(C)C(O)CCl. The van der Waals surface area contributed by atoms with Gasteiger partial charge in [0.2, 0.25) is 0 Å². The molecule has 0 aliphatic carbocycles. The van der Waals surface area contributed by atoms with Crippen molar-refractivity contribution in [2.75, 3.05) is 60.2 Å². The van der Waals surface area contributed by atoms with E-state index in [1.807, 2.05) is 33.1 Å². The predicted molar refractivity (Wildman–Crippen MR) is 73.1 cm³/mol. The molecule has 104 valence electrons. The lowest BCUT2D eigenvalue weighted by Crippen LogP contribution is -2.45. The predicted octanol–water partition coefficient (Wildman–Crippen LogP) is 0.340. The molecule has 7 heteroatoms. The van der Waals surface area contributed by atoms with E-state index in [1.165, 1.54) is 0 Å². The first-order valence-corrected chi connectivity index (χ1v) is 6.49. The molecule has 17 heavy (non-hydrogen) atoms. The summed E-state index contributed by atoms with van der Waals surface area (Å²) in [6.45, 7) is 3.24. The molecular formula is C10H24Cl2N4O. The Morgan fingerprint density at radius 1 is 0.941 bits per heavy atom. The molecule has 0 aliphatic heterocycles. The van der Waals surface area contributed by atoms with Crippen LogP contribution in [0.1, 0.15) is 0 Å². The van der Waals surface area contributed by atoms with E-state index in [0.29, 0.717) is 0 Å². The molecule has 1 unspecified atom stereocenters. The summed E-state index contributed by atoms with van der Waals surface area (Å²) in [5, 5.41) is 13.7. The van der Waals surface area contributed by atoms with Gasteiger partial charge >= 0.3 is 0 Å². The second kappa shape index (κ2) is 9.33. The molecule has 0 aliphatic rings. The Morgan fingerprint density at radius 3 is 1.82 bits per heavy atom. The van der Waals surface area contributed by atoms with Crippen LogP contribution in [0.3, 0.4) is 0 Å². The molecule has 0 aromatic rings. The Labute approximate surface area is 115 Å².